The molecule has 0 bridgehead atoms. The van der Waals surface area contributed by atoms with E-state index in [1.54, 1.807) is 12.3 Å². The van der Waals surface area contributed by atoms with Gasteiger partial charge in [-0.15, -0.1) is 0 Å². The van der Waals surface area contributed by atoms with E-state index in [1.807, 2.05) is 61.5 Å². The standard InChI is InChI=1S/C22H22N2O3S/c1-17-7-8-19(16-22(17)28(25,26)24-11-13-27-14-12-24)20-9-10-23-21(15-20)18-5-3-2-4-6-18/h2-10,15-16H,11-14H2,1H3. The molecule has 3 aromatic rings. The molecule has 2 aromatic carbocycles. The van der Waals surface area contributed by atoms with Crippen molar-refractivity contribution in [1.29, 1.82) is 0 Å². The largest absolute Gasteiger partial charge is 0.379 e. The number of nitrogens with zero attached hydrogens (tertiary/aromatic N) is 2. The van der Waals surface area contributed by atoms with Crippen LogP contribution in [0.25, 0.3) is 22.4 Å². The van der Waals surface area contributed by atoms with Crippen LogP contribution in [0.1, 0.15) is 5.56 Å². The Morgan fingerprint density at radius 2 is 1.61 bits per heavy atom. The lowest BCUT2D eigenvalue weighted by Gasteiger charge is -2.27. The number of pyridine rings is 1. The number of hydrogen-bond donors (Lipinski definition) is 0. The van der Waals surface area contributed by atoms with E-state index in [2.05, 4.69) is 4.98 Å². The maximum absolute atomic E-state index is 13.1. The Morgan fingerprint density at radius 3 is 2.36 bits per heavy atom. The minimum atomic E-state index is -3.55. The second-order valence-corrected chi connectivity index (χ2v) is 8.70. The lowest BCUT2D eigenvalue weighted by Crippen LogP contribution is -2.40. The summed E-state index contributed by atoms with van der Waals surface area (Å²) in [6.07, 6.45) is 1.76. The molecule has 0 spiro atoms. The van der Waals surface area contributed by atoms with Crippen molar-refractivity contribution in [1.82, 2.24) is 9.29 Å². The fraction of sp³-hybridized carbons (Fsp3) is 0.227. The van der Waals surface area contributed by atoms with Crippen molar-refractivity contribution in [2.75, 3.05) is 26.3 Å². The van der Waals surface area contributed by atoms with E-state index in [9.17, 15) is 8.42 Å². The van der Waals surface area contributed by atoms with Crippen molar-refractivity contribution < 1.29 is 13.2 Å². The van der Waals surface area contributed by atoms with E-state index in [4.69, 9.17) is 4.74 Å². The molecule has 144 valence electrons. The predicted molar refractivity (Wildman–Crippen MR) is 109 cm³/mol. The fourth-order valence-electron chi connectivity index (χ4n) is 3.36. The first-order chi connectivity index (χ1) is 13.6. The third-order valence-electron chi connectivity index (χ3n) is 4.94. The van der Waals surface area contributed by atoms with Gasteiger partial charge in [0, 0.05) is 24.8 Å². The quantitative estimate of drug-likeness (QED) is 0.676. The van der Waals surface area contributed by atoms with Gasteiger partial charge in [-0.05, 0) is 41.8 Å². The molecule has 0 unspecified atom stereocenters. The van der Waals surface area contributed by atoms with Gasteiger partial charge in [-0.1, -0.05) is 42.5 Å². The average Bonchev–Trinajstić information content (AvgIpc) is 2.75. The molecule has 4 rings (SSSR count). The number of hydrogen-bond acceptors (Lipinski definition) is 4. The number of sulfonamides is 1. The second kappa shape index (κ2) is 7.83. The van der Waals surface area contributed by atoms with E-state index in [0.29, 0.717) is 31.2 Å². The molecule has 0 radical (unpaired) electrons. The SMILES string of the molecule is Cc1ccc(-c2ccnc(-c3ccccc3)c2)cc1S(=O)(=O)N1CCOCC1. The Morgan fingerprint density at radius 1 is 0.893 bits per heavy atom. The van der Waals surface area contributed by atoms with Crippen molar-refractivity contribution in [2.24, 2.45) is 0 Å². The molecule has 6 heteroatoms. The van der Waals surface area contributed by atoms with Gasteiger partial charge in [0.25, 0.3) is 0 Å². The highest BCUT2D eigenvalue weighted by atomic mass is 32.2. The number of benzene rings is 2. The van der Waals surface area contributed by atoms with E-state index in [1.165, 1.54) is 4.31 Å². The molecule has 5 nitrogen and oxygen atoms in total. The first kappa shape index (κ1) is 18.8. The summed E-state index contributed by atoms with van der Waals surface area (Å²) in [5, 5.41) is 0. The van der Waals surface area contributed by atoms with E-state index >= 15 is 0 Å². The first-order valence-corrected chi connectivity index (χ1v) is 10.7. The molecule has 1 aliphatic rings. The summed E-state index contributed by atoms with van der Waals surface area (Å²) in [5.41, 5.74) is 4.42. The van der Waals surface area contributed by atoms with Crippen molar-refractivity contribution in [3.8, 4) is 22.4 Å². The van der Waals surface area contributed by atoms with Crippen LogP contribution >= 0.6 is 0 Å². The van der Waals surface area contributed by atoms with Gasteiger partial charge in [0.2, 0.25) is 10.0 Å². The van der Waals surface area contributed by atoms with Gasteiger partial charge in [-0.2, -0.15) is 4.31 Å². The van der Waals surface area contributed by atoms with Crippen LogP contribution in [0.3, 0.4) is 0 Å². The first-order valence-electron chi connectivity index (χ1n) is 9.26. The third-order valence-corrected chi connectivity index (χ3v) is 6.98. The van der Waals surface area contributed by atoms with Crippen molar-refractivity contribution >= 4 is 10.0 Å². The minimum Gasteiger partial charge on any atom is -0.379 e. The number of aromatic nitrogens is 1. The molecule has 1 aliphatic heterocycles. The summed E-state index contributed by atoms with van der Waals surface area (Å²) >= 11 is 0. The summed E-state index contributed by atoms with van der Waals surface area (Å²) in [5.74, 6) is 0. The fourth-order valence-corrected chi connectivity index (χ4v) is 5.02. The van der Waals surface area contributed by atoms with Gasteiger partial charge in [0.15, 0.2) is 0 Å². The van der Waals surface area contributed by atoms with Crippen LogP contribution in [0.4, 0.5) is 0 Å². The van der Waals surface area contributed by atoms with Crippen LogP contribution in [-0.2, 0) is 14.8 Å². The summed E-state index contributed by atoms with van der Waals surface area (Å²) in [4.78, 5) is 4.81. The van der Waals surface area contributed by atoms with Gasteiger partial charge in [0.05, 0.1) is 23.8 Å². The Hall–Kier alpha value is -2.54. The van der Waals surface area contributed by atoms with Crippen LogP contribution in [0.15, 0.2) is 71.8 Å². The Labute approximate surface area is 165 Å². The molecule has 0 aliphatic carbocycles. The smallest absolute Gasteiger partial charge is 0.243 e. The Kier molecular flexibility index (Phi) is 5.26. The second-order valence-electron chi connectivity index (χ2n) is 6.79. The zero-order valence-electron chi connectivity index (χ0n) is 15.7. The van der Waals surface area contributed by atoms with Crippen molar-refractivity contribution in [2.45, 2.75) is 11.8 Å². The van der Waals surface area contributed by atoms with Crippen LogP contribution in [0.5, 0.6) is 0 Å². The lowest BCUT2D eigenvalue weighted by molar-refractivity contribution is 0.0730. The van der Waals surface area contributed by atoms with Crippen molar-refractivity contribution in [3.05, 3.63) is 72.4 Å². The molecular weight excluding hydrogens is 372 g/mol. The van der Waals surface area contributed by atoms with E-state index in [0.717, 1.165) is 27.9 Å². The predicted octanol–water partition coefficient (Wildman–Crippen LogP) is 3.74. The zero-order chi connectivity index (χ0) is 19.6. The zero-order valence-corrected chi connectivity index (χ0v) is 16.5. The van der Waals surface area contributed by atoms with Gasteiger partial charge in [-0.25, -0.2) is 8.42 Å². The van der Waals surface area contributed by atoms with Gasteiger partial charge >= 0.3 is 0 Å². The average molecular weight is 394 g/mol. The molecule has 0 N–H and O–H groups in total. The van der Waals surface area contributed by atoms with Gasteiger partial charge in [0.1, 0.15) is 0 Å². The van der Waals surface area contributed by atoms with Crippen LogP contribution in [-0.4, -0.2) is 44.0 Å². The Balaban J connectivity index is 1.73. The molecular formula is C22H22N2O3S. The highest BCUT2D eigenvalue weighted by Crippen LogP contribution is 2.29. The number of aryl methyl sites for hydroxylation is 1. The van der Waals surface area contributed by atoms with Crippen LogP contribution in [0, 0.1) is 6.92 Å². The molecule has 1 saturated heterocycles. The number of ether oxygens (including phenoxy) is 1. The highest BCUT2D eigenvalue weighted by molar-refractivity contribution is 7.89. The summed E-state index contributed by atoms with van der Waals surface area (Å²) in [7, 11) is -3.55. The normalized spacial score (nSPS) is 15.5. The molecule has 0 amide bonds. The van der Waals surface area contributed by atoms with Gasteiger partial charge in [-0.3, -0.25) is 4.98 Å². The summed E-state index contributed by atoms with van der Waals surface area (Å²) in [6.45, 7) is 3.48. The molecule has 28 heavy (non-hydrogen) atoms. The highest BCUT2D eigenvalue weighted by Gasteiger charge is 2.28. The van der Waals surface area contributed by atoms with Gasteiger partial charge < -0.3 is 4.74 Å². The molecule has 2 heterocycles. The van der Waals surface area contributed by atoms with E-state index in [-0.39, 0.29) is 0 Å². The summed E-state index contributed by atoms with van der Waals surface area (Å²) < 4.78 is 33.1. The molecule has 1 fully saturated rings. The Bertz CT molecular complexity index is 1080. The minimum absolute atomic E-state index is 0.352. The molecule has 0 saturated carbocycles. The summed E-state index contributed by atoms with van der Waals surface area (Å²) in [6, 6.07) is 19.4. The third kappa shape index (κ3) is 3.71. The number of rotatable bonds is 4. The molecule has 1 aromatic heterocycles. The van der Waals surface area contributed by atoms with Crippen molar-refractivity contribution in [3.63, 3.8) is 0 Å². The maximum atomic E-state index is 13.1. The monoisotopic (exact) mass is 394 g/mol. The van der Waals surface area contributed by atoms with Crippen LogP contribution in [0.2, 0.25) is 0 Å². The number of morpholine rings is 1. The lowest BCUT2D eigenvalue weighted by atomic mass is 10.0. The molecule has 0 atom stereocenters. The van der Waals surface area contributed by atoms with Crippen LogP contribution < -0.4 is 0 Å². The maximum Gasteiger partial charge on any atom is 0.243 e. The topological polar surface area (TPSA) is 59.5 Å². The van der Waals surface area contributed by atoms with E-state index < -0.39 is 10.0 Å².